The van der Waals surface area contributed by atoms with E-state index >= 15 is 0 Å². The van der Waals surface area contributed by atoms with E-state index in [1.165, 1.54) is 30.5 Å². The maximum absolute atomic E-state index is 12.3. The van der Waals surface area contributed by atoms with Gasteiger partial charge >= 0.3 is 11.9 Å². The molecule has 0 amide bonds. The summed E-state index contributed by atoms with van der Waals surface area (Å²) >= 11 is 0. The van der Waals surface area contributed by atoms with E-state index in [0.29, 0.717) is 11.3 Å². The molecule has 10 nitrogen and oxygen atoms in total. The smallest absolute Gasteiger partial charge is 0.335 e. The van der Waals surface area contributed by atoms with Crippen LogP contribution in [0.2, 0.25) is 0 Å². The molecule has 0 aliphatic carbocycles. The molecule has 0 radical (unpaired) electrons. The number of nitrogens with zero attached hydrogens (tertiary/aromatic N) is 4. The molecule has 6 N–H and O–H groups in total. The van der Waals surface area contributed by atoms with Crippen molar-refractivity contribution in [2.75, 3.05) is 11.5 Å². The molecular formula is C19H16N6O4. The van der Waals surface area contributed by atoms with Gasteiger partial charge in [0.05, 0.1) is 17.5 Å². The summed E-state index contributed by atoms with van der Waals surface area (Å²) in [6.45, 7) is 0. The zero-order valence-electron chi connectivity index (χ0n) is 15.0. The number of terminal acetylenes is 1. The molecule has 0 saturated carbocycles. The number of fused-ring (bicyclic) bond motifs is 1. The van der Waals surface area contributed by atoms with E-state index in [0.717, 1.165) is 0 Å². The molecule has 0 aliphatic rings. The lowest BCUT2D eigenvalue weighted by Crippen LogP contribution is -2.38. The second kappa shape index (κ2) is 7.40. The SMILES string of the molecule is C#CCC(Cc1cnc2nc(N)nc(N)c2n1)(C(=O)O)c1ccc(C(=O)O)cc1. The average molecular weight is 392 g/mol. The molecular weight excluding hydrogens is 376 g/mol. The Kier molecular flexibility index (Phi) is 4.97. The summed E-state index contributed by atoms with van der Waals surface area (Å²) in [4.78, 5) is 39.6. The number of benzene rings is 1. The molecule has 0 fully saturated rings. The molecule has 10 heteroatoms. The fourth-order valence-electron chi connectivity index (χ4n) is 3.02. The Bertz CT molecular complexity index is 1160. The van der Waals surface area contributed by atoms with Gasteiger partial charge in [-0.15, -0.1) is 12.3 Å². The Morgan fingerprint density at radius 3 is 2.38 bits per heavy atom. The lowest BCUT2D eigenvalue weighted by atomic mass is 9.74. The van der Waals surface area contributed by atoms with Crippen molar-refractivity contribution >= 4 is 34.9 Å². The predicted molar refractivity (Wildman–Crippen MR) is 104 cm³/mol. The molecule has 1 unspecified atom stereocenters. The van der Waals surface area contributed by atoms with Crippen molar-refractivity contribution in [2.45, 2.75) is 18.3 Å². The maximum Gasteiger partial charge on any atom is 0.335 e. The lowest BCUT2D eigenvalue weighted by molar-refractivity contribution is -0.143. The average Bonchev–Trinajstić information content (AvgIpc) is 2.68. The van der Waals surface area contributed by atoms with E-state index in [4.69, 9.17) is 23.0 Å². The Balaban J connectivity index is 2.10. The Hall–Kier alpha value is -4.26. The van der Waals surface area contributed by atoms with Gasteiger partial charge in [0.25, 0.3) is 0 Å². The monoisotopic (exact) mass is 392 g/mol. The van der Waals surface area contributed by atoms with Gasteiger partial charge in [-0.3, -0.25) is 4.79 Å². The second-order valence-electron chi connectivity index (χ2n) is 6.33. The summed E-state index contributed by atoms with van der Waals surface area (Å²) < 4.78 is 0. The molecule has 146 valence electrons. The summed E-state index contributed by atoms with van der Waals surface area (Å²) in [6.07, 6.45) is 6.57. The minimum atomic E-state index is -1.54. The zero-order valence-corrected chi connectivity index (χ0v) is 15.0. The van der Waals surface area contributed by atoms with E-state index in [1.807, 2.05) is 0 Å². The zero-order chi connectivity index (χ0) is 21.2. The summed E-state index contributed by atoms with van der Waals surface area (Å²) in [5.74, 6) is 0.0574. The molecule has 2 heterocycles. The number of aromatic carboxylic acids is 1. The molecule has 1 aromatic carbocycles. The first-order valence-corrected chi connectivity index (χ1v) is 8.32. The van der Waals surface area contributed by atoms with Crippen LogP contribution in [0, 0.1) is 12.3 Å². The highest BCUT2D eigenvalue weighted by molar-refractivity contribution is 5.88. The topological polar surface area (TPSA) is 178 Å². The Labute approximate surface area is 164 Å². The van der Waals surface area contributed by atoms with Crippen molar-refractivity contribution in [2.24, 2.45) is 0 Å². The number of anilines is 2. The van der Waals surface area contributed by atoms with Crippen molar-refractivity contribution in [3.05, 3.63) is 47.3 Å². The Morgan fingerprint density at radius 1 is 1.10 bits per heavy atom. The van der Waals surface area contributed by atoms with Crippen molar-refractivity contribution in [1.82, 2.24) is 19.9 Å². The summed E-state index contributed by atoms with van der Waals surface area (Å²) in [7, 11) is 0. The Morgan fingerprint density at radius 2 is 1.79 bits per heavy atom. The highest BCUT2D eigenvalue weighted by Gasteiger charge is 2.40. The molecule has 2 aromatic heterocycles. The molecule has 29 heavy (non-hydrogen) atoms. The van der Waals surface area contributed by atoms with Crippen LogP contribution in [0.15, 0.2) is 30.5 Å². The maximum atomic E-state index is 12.3. The van der Waals surface area contributed by atoms with Crippen LogP contribution in [-0.2, 0) is 16.6 Å². The number of rotatable bonds is 6. The highest BCUT2D eigenvalue weighted by atomic mass is 16.4. The van der Waals surface area contributed by atoms with Gasteiger partial charge < -0.3 is 21.7 Å². The van der Waals surface area contributed by atoms with Crippen LogP contribution in [0.5, 0.6) is 0 Å². The number of carboxylic acids is 2. The van der Waals surface area contributed by atoms with Gasteiger partial charge in [-0.2, -0.15) is 9.97 Å². The largest absolute Gasteiger partial charge is 0.481 e. The van der Waals surface area contributed by atoms with Crippen LogP contribution in [-0.4, -0.2) is 42.1 Å². The van der Waals surface area contributed by atoms with Crippen LogP contribution in [0.3, 0.4) is 0 Å². The molecule has 0 saturated heterocycles. The molecule has 0 bridgehead atoms. The number of carbonyl (C=O) groups is 2. The number of hydrogen-bond acceptors (Lipinski definition) is 8. The van der Waals surface area contributed by atoms with E-state index in [9.17, 15) is 14.7 Å². The number of carboxylic acid groups (broad SMARTS) is 2. The number of nitrogens with two attached hydrogens (primary N) is 2. The minimum Gasteiger partial charge on any atom is -0.481 e. The van der Waals surface area contributed by atoms with Gasteiger partial charge in [0.2, 0.25) is 5.95 Å². The fraction of sp³-hybridized carbons (Fsp3) is 0.158. The molecule has 1 atom stereocenters. The number of nitrogen functional groups attached to an aromatic ring is 2. The molecule has 0 spiro atoms. The fourth-order valence-corrected chi connectivity index (χ4v) is 3.02. The van der Waals surface area contributed by atoms with E-state index < -0.39 is 17.4 Å². The molecule has 3 rings (SSSR count). The first-order chi connectivity index (χ1) is 13.8. The van der Waals surface area contributed by atoms with Crippen molar-refractivity contribution in [1.29, 1.82) is 0 Å². The molecule has 0 aliphatic heterocycles. The van der Waals surface area contributed by atoms with Gasteiger partial charge in [0.15, 0.2) is 17.0 Å². The summed E-state index contributed by atoms with van der Waals surface area (Å²) in [5.41, 5.74) is 10.9. The first-order valence-electron chi connectivity index (χ1n) is 8.32. The van der Waals surface area contributed by atoms with Crippen molar-refractivity contribution < 1.29 is 19.8 Å². The van der Waals surface area contributed by atoms with Gasteiger partial charge in [-0.1, -0.05) is 12.1 Å². The van der Waals surface area contributed by atoms with Crippen LogP contribution in [0.25, 0.3) is 11.2 Å². The second-order valence-corrected chi connectivity index (χ2v) is 6.33. The van der Waals surface area contributed by atoms with Crippen LogP contribution >= 0.6 is 0 Å². The van der Waals surface area contributed by atoms with E-state index in [-0.39, 0.29) is 41.3 Å². The highest BCUT2D eigenvalue weighted by Crippen LogP contribution is 2.33. The van der Waals surface area contributed by atoms with E-state index in [1.54, 1.807) is 0 Å². The van der Waals surface area contributed by atoms with Gasteiger partial charge in [0.1, 0.15) is 5.41 Å². The van der Waals surface area contributed by atoms with Crippen molar-refractivity contribution in [3.63, 3.8) is 0 Å². The third-order valence-electron chi connectivity index (χ3n) is 4.48. The first kappa shape index (κ1) is 19.5. The molecule has 3 aromatic rings. The predicted octanol–water partition coefficient (Wildman–Crippen LogP) is 0.871. The standard InChI is InChI=1S/C19H16N6O4/c1-2-7-19(17(28)29,11-5-3-10(4-6-11)16(26)27)8-12-9-22-15-13(23-12)14(20)24-18(21)25-15/h1,3-6,9H,7-8H2,(H,26,27)(H,28,29)(H4,20,21,22,24,25). The van der Waals surface area contributed by atoms with Gasteiger partial charge in [-0.25, -0.2) is 14.8 Å². The number of aromatic nitrogens is 4. The lowest BCUT2D eigenvalue weighted by Gasteiger charge is -2.28. The third-order valence-corrected chi connectivity index (χ3v) is 4.48. The summed E-state index contributed by atoms with van der Waals surface area (Å²) in [5, 5.41) is 19.1. The van der Waals surface area contributed by atoms with Crippen LogP contribution in [0.4, 0.5) is 11.8 Å². The van der Waals surface area contributed by atoms with Crippen molar-refractivity contribution in [3.8, 4) is 12.3 Å². The summed E-state index contributed by atoms with van der Waals surface area (Å²) in [6, 6.07) is 5.52. The number of aliphatic carboxylic acids is 1. The quantitative estimate of drug-likeness (QED) is 0.440. The number of hydrogen-bond donors (Lipinski definition) is 4. The van der Waals surface area contributed by atoms with Crippen LogP contribution in [0.1, 0.15) is 28.0 Å². The third kappa shape index (κ3) is 3.61. The normalized spacial score (nSPS) is 12.8. The van der Waals surface area contributed by atoms with Gasteiger partial charge in [-0.05, 0) is 17.7 Å². The minimum absolute atomic E-state index is 0.0190. The van der Waals surface area contributed by atoms with Crippen LogP contribution < -0.4 is 11.5 Å². The van der Waals surface area contributed by atoms with E-state index in [2.05, 4.69) is 25.9 Å². The van der Waals surface area contributed by atoms with Gasteiger partial charge in [0, 0.05) is 12.8 Å².